The van der Waals surface area contributed by atoms with Crippen LogP contribution in [0.25, 0.3) is 0 Å². The first-order valence-corrected chi connectivity index (χ1v) is 10.7. The Balaban J connectivity index is 1.26. The van der Waals surface area contributed by atoms with Crippen LogP contribution >= 0.6 is 12.2 Å². The number of nitrogens with one attached hydrogen (secondary N) is 2. The molecule has 0 spiro atoms. The molecule has 0 aliphatic carbocycles. The molecule has 4 nitrogen and oxygen atoms in total. The van der Waals surface area contributed by atoms with E-state index in [-0.39, 0.29) is 0 Å². The van der Waals surface area contributed by atoms with Gasteiger partial charge in [-0.1, -0.05) is 36.4 Å². The van der Waals surface area contributed by atoms with E-state index >= 15 is 0 Å². The number of fused-ring (bicyclic) bond motifs is 3. The number of anilines is 2. The van der Waals surface area contributed by atoms with Crippen LogP contribution in [0.1, 0.15) is 12.8 Å². The van der Waals surface area contributed by atoms with Crippen molar-refractivity contribution >= 4 is 28.7 Å². The highest BCUT2D eigenvalue weighted by molar-refractivity contribution is 7.80. The van der Waals surface area contributed by atoms with Crippen molar-refractivity contribution in [1.82, 2.24) is 10.2 Å². The highest BCUT2D eigenvalue weighted by atomic mass is 32.1. The van der Waals surface area contributed by atoms with Crippen molar-refractivity contribution in [2.24, 2.45) is 11.8 Å². The largest absolute Gasteiger partial charge is 0.374 e. The van der Waals surface area contributed by atoms with Crippen LogP contribution in [0.4, 0.5) is 11.4 Å². The van der Waals surface area contributed by atoms with Crippen molar-refractivity contribution < 1.29 is 0 Å². The molecule has 0 aromatic heterocycles. The number of piperidine rings is 3. The molecule has 3 aliphatic rings. The highest BCUT2D eigenvalue weighted by Gasteiger charge is 2.40. The summed E-state index contributed by atoms with van der Waals surface area (Å²) in [7, 11) is 2.22. The second-order valence-electron chi connectivity index (χ2n) is 8.11. The Labute approximate surface area is 173 Å². The van der Waals surface area contributed by atoms with Crippen LogP contribution in [-0.2, 0) is 0 Å². The van der Waals surface area contributed by atoms with Crippen LogP contribution in [0.2, 0.25) is 0 Å². The molecule has 148 valence electrons. The van der Waals surface area contributed by atoms with Gasteiger partial charge in [0.25, 0.3) is 0 Å². The zero-order chi connectivity index (χ0) is 19.3. The zero-order valence-corrected chi connectivity index (χ0v) is 17.4. The predicted molar refractivity (Wildman–Crippen MR) is 122 cm³/mol. The minimum Gasteiger partial charge on any atom is -0.374 e. The van der Waals surface area contributed by atoms with Crippen LogP contribution in [0.3, 0.4) is 0 Å². The first kappa shape index (κ1) is 19.2. The summed E-state index contributed by atoms with van der Waals surface area (Å²) in [6.07, 6.45) is 2.60. The molecule has 3 saturated heterocycles. The number of benzene rings is 2. The first-order chi connectivity index (χ1) is 13.7. The SMILES string of the molecule is CN(CC1CN2CCC1CC2CNC(=S)Nc1ccccc1)c1ccccc1. The standard InChI is InChI=1S/C23H30N4S/c1-26(21-10-6-3-7-11-21)16-19-17-27-13-12-18(19)14-22(27)15-24-23(28)25-20-8-4-2-5-9-20/h2-11,18-19,22H,12-17H2,1H3,(H2,24,25,28). The lowest BCUT2D eigenvalue weighted by molar-refractivity contribution is 0.00667. The Bertz CT molecular complexity index is 767. The van der Waals surface area contributed by atoms with Crippen LogP contribution in [0, 0.1) is 11.8 Å². The Morgan fingerprint density at radius 2 is 1.82 bits per heavy atom. The van der Waals surface area contributed by atoms with E-state index in [1.807, 2.05) is 30.3 Å². The van der Waals surface area contributed by atoms with Gasteiger partial charge < -0.3 is 15.5 Å². The van der Waals surface area contributed by atoms with Gasteiger partial charge >= 0.3 is 0 Å². The fraction of sp³-hybridized carbons (Fsp3) is 0.435. The number of hydrogen-bond donors (Lipinski definition) is 2. The van der Waals surface area contributed by atoms with E-state index in [9.17, 15) is 0 Å². The summed E-state index contributed by atoms with van der Waals surface area (Å²) >= 11 is 5.48. The summed E-state index contributed by atoms with van der Waals surface area (Å²) < 4.78 is 0. The average Bonchev–Trinajstić information content (AvgIpc) is 2.74. The van der Waals surface area contributed by atoms with Crippen molar-refractivity contribution in [3.63, 3.8) is 0 Å². The smallest absolute Gasteiger partial charge is 0.170 e. The lowest BCUT2D eigenvalue weighted by Gasteiger charge is -2.51. The van der Waals surface area contributed by atoms with Gasteiger partial charge in [-0.2, -0.15) is 0 Å². The van der Waals surface area contributed by atoms with Crippen molar-refractivity contribution in [3.8, 4) is 0 Å². The van der Waals surface area contributed by atoms with Gasteiger partial charge in [-0.05, 0) is 67.7 Å². The minimum absolute atomic E-state index is 0.590. The number of para-hydroxylation sites is 2. The van der Waals surface area contributed by atoms with Crippen molar-refractivity contribution in [1.29, 1.82) is 0 Å². The van der Waals surface area contributed by atoms with E-state index in [1.165, 1.54) is 31.6 Å². The van der Waals surface area contributed by atoms with Gasteiger partial charge in [0.05, 0.1) is 0 Å². The Kier molecular flexibility index (Phi) is 6.13. The third-order valence-corrected chi connectivity index (χ3v) is 6.50. The summed E-state index contributed by atoms with van der Waals surface area (Å²) in [5.74, 6) is 1.57. The second kappa shape index (κ2) is 8.93. The summed E-state index contributed by atoms with van der Waals surface area (Å²) in [5, 5.41) is 7.43. The van der Waals surface area contributed by atoms with Gasteiger partial charge in [0.2, 0.25) is 0 Å². The number of thiocarbonyl (C=S) groups is 1. The fourth-order valence-corrected chi connectivity index (χ4v) is 4.92. The topological polar surface area (TPSA) is 30.5 Å². The van der Waals surface area contributed by atoms with Gasteiger partial charge in [-0.3, -0.25) is 4.90 Å². The third-order valence-electron chi connectivity index (χ3n) is 6.25. The molecule has 3 heterocycles. The number of rotatable bonds is 6. The van der Waals surface area contributed by atoms with E-state index in [4.69, 9.17) is 12.2 Å². The Morgan fingerprint density at radius 1 is 1.11 bits per heavy atom. The molecule has 4 atom stereocenters. The number of hydrogen-bond acceptors (Lipinski definition) is 3. The highest BCUT2D eigenvalue weighted by Crippen LogP contribution is 2.36. The molecular formula is C23H30N4S. The van der Waals surface area contributed by atoms with E-state index in [2.05, 4.69) is 57.8 Å². The van der Waals surface area contributed by atoms with Crippen molar-refractivity contribution in [2.45, 2.75) is 18.9 Å². The maximum Gasteiger partial charge on any atom is 0.170 e. The van der Waals surface area contributed by atoms with Crippen LogP contribution < -0.4 is 15.5 Å². The predicted octanol–water partition coefficient (Wildman–Crippen LogP) is 3.82. The molecule has 2 aromatic carbocycles. The summed E-state index contributed by atoms with van der Waals surface area (Å²) in [6.45, 7) is 4.49. The molecule has 4 unspecified atom stereocenters. The first-order valence-electron chi connectivity index (χ1n) is 10.3. The molecule has 2 aromatic rings. The van der Waals surface area contributed by atoms with E-state index in [0.29, 0.717) is 11.2 Å². The van der Waals surface area contributed by atoms with Crippen LogP contribution in [-0.4, -0.2) is 49.3 Å². The molecule has 2 bridgehead atoms. The van der Waals surface area contributed by atoms with Crippen molar-refractivity contribution in [3.05, 3.63) is 60.7 Å². The molecule has 0 radical (unpaired) electrons. The van der Waals surface area contributed by atoms with E-state index in [1.54, 1.807) is 0 Å². The van der Waals surface area contributed by atoms with Gasteiger partial charge in [0.1, 0.15) is 0 Å². The van der Waals surface area contributed by atoms with Crippen LogP contribution in [0.5, 0.6) is 0 Å². The van der Waals surface area contributed by atoms with Crippen molar-refractivity contribution in [2.75, 3.05) is 43.4 Å². The maximum absolute atomic E-state index is 5.48. The molecule has 3 aliphatic heterocycles. The minimum atomic E-state index is 0.590. The van der Waals surface area contributed by atoms with Gasteiger partial charge in [0.15, 0.2) is 5.11 Å². The Morgan fingerprint density at radius 3 is 2.50 bits per heavy atom. The molecule has 0 saturated carbocycles. The molecule has 3 fully saturated rings. The quantitative estimate of drug-likeness (QED) is 0.728. The lowest BCUT2D eigenvalue weighted by Crippen LogP contribution is -2.58. The second-order valence-corrected chi connectivity index (χ2v) is 8.52. The van der Waals surface area contributed by atoms with E-state index in [0.717, 1.165) is 30.6 Å². The summed E-state index contributed by atoms with van der Waals surface area (Å²) in [6, 6.07) is 21.4. The number of nitrogens with zero attached hydrogens (tertiary/aromatic N) is 2. The molecule has 28 heavy (non-hydrogen) atoms. The summed E-state index contributed by atoms with van der Waals surface area (Å²) in [5.41, 5.74) is 2.35. The normalized spacial score (nSPS) is 25.9. The molecule has 5 heteroatoms. The van der Waals surface area contributed by atoms with Gasteiger partial charge in [0, 0.05) is 44.1 Å². The molecular weight excluding hydrogens is 364 g/mol. The summed E-state index contributed by atoms with van der Waals surface area (Å²) in [4.78, 5) is 5.08. The maximum atomic E-state index is 5.48. The fourth-order valence-electron chi connectivity index (χ4n) is 4.72. The van der Waals surface area contributed by atoms with Gasteiger partial charge in [-0.15, -0.1) is 0 Å². The monoisotopic (exact) mass is 394 g/mol. The third kappa shape index (κ3) is 4.65. The zero-order valence-electron chi connectivity index (χ0n) is 16.6. The van der Waals surface area contributed by atoms with Crippen LogP contribution in [0.15, 0.2) is 60.7 Å². The van der Waals surface area contributed by atoms with Gasteiger partial charge in [-0.25, -0.2) is 0 Å². The molecule has 2 N–H and O–H groups in total. The lowest BCUT2D eigenvalue weighted by atomic mass is 9.75. The molecule has 0 amide bonds. The molecule has 5 rings (SSSR count). The Hall–Kier alpha value is -2.11. The average molecular weight is 395 g/mol. The van der Waals surface area contributed by atoms with E-state index < -0.39 is 0 Å².